The molecule has 0 radical (unpaired) electrons. The van der Waals surface area contributed by atoms with Crippen molar-refractivity contribution in [3.63, 3.8) is 0 Å². The average Bonchev–Trinajstić information content (AvgIpc) is 2.62. The van der Waals surface area contributed by atoms with E-state index < -0.39 is 0 Å². The Kier molecular flexibility index (Phi) is 4.05. The highest BCUT2D eigenvalue weighted by molar-refractivity contribution is 6.31. The number of para-hydroxylation sites is 1. The molecule has 1 aliphatic heterocycles. The summed E-state index contributed by atoms with van der Waals surface area (Å²) in [6.07, 6.45) is 0.832. The minimum Gasteiger partial charge on any atom is -0.339 e. The van der Waals surface area contributed by atoms with E-state index in [1.807, 2.05) is 36.4 Å². The van der Waals surface area contributed by atoms with E-state index in [1.54, 1.807) is 18.0 Å². The third-order valence-corrected chi connectivity index (χ3v) is 4.14. The van der Waals surface area contributed by atoms with Crippen molar-refractivity contribution in [3.8, 4) is 0 Å². The zero-order valence-corrected chi connectivity index (χ0v) is 13.2. The Balaban J connectivity index is 2.23. The lowest BCUT2D eigenvalue weighted by Gasteiger charge is -2.26. The summed E-state index contributed by atoms with van der Waals surface area (Å²) in [5, 5.41) is 0.650. The van der Waals surface area contributed by atoms with Crippen LogP contribution in [0.5, 0.6) is 0 Å². The highest BCUT2D eigenvalue weighted by Crippen LogP contribution is 2.41. The van der Waals surface area contributed by atoms with Crippen molar-refractivity contribution in [1.29, 1.82) is 0 Å². The maximum atomic E-state index is 12.7. The second-order valence-electron chi connectivity index (χ2n) is 5.31. The quantitative estimate of drug-likeness (QED) is 0.944. The van der Waals surface area contributed by atoms with Gasteiger partial charge in [-0.25, -0.2) is 0 Å². The van der Waals surface area contributed by atoms with E-state index >= 15 is 0 Å². The van der Waals surface area contributed by atoms with Gasteiger partial charge in [-0.2, -0.15) is 0 Å². The van der Waals surface area contributed by atoms with Gasteiger partial charge in [0.15, 0.2) is 0 Å². The molecule has 1 heterocycles. The first-order valence-corrected chi connectivity index (χ1v) is 7.65. The third kappa shape index (κ3) is 2.45. The van der Waals surface area contributed by atoms with E-state index in [0.29, 0.717) is 17.1 Å². The van der Waals surface area contributed by atoms with Crippen LogP contribution in [0, 0.1) is 0 Å². The Morgan fingerprint density at radius 2 is 1.86 bits per heavy atom. The summed E-state index contributed by atoms with van der Waals surface area (Å²) in [5.74, 6) is -0.0191. The summed E-state index contributed by atoms with van der Waals surface area (Å²) < 4.78 is 0. The van der Waals surface area contributed by atoms with E-state index in [2.05, 4.69) is 4.90 Å². The molecule has 0 atom stereocenters. The van der Waals surface area contributed by atoms with Crippen LogP contribution in [0.15, 0.2) is 42.5 Å². The van der Waals surface area contributed by atoms with Crippen LogP contribution in [0.1, 0.15) is 16.8 Å². The number of nitrogens with two attached hydrogens (primary N) is 1. The van der Waals surface area contributed by atoms with Crippen molar-refractivity contribution in [2.75, 3.05) is 29.9 Å². The predicted molar refractivity (Wildman–Crippen MR) is 91.3 cm³/mol. The lowest BCUT2D eigenvalue weighted by molar-refractivity contribution is 0.0994. The molecule has 4 nitrogen and oxygen atoms in total. The van der Waals surface area contributed by atoms with Gasteiger partial charge in [-0.15, -0.1) is 0 Å². The first kappa shape index (κ1) is 14.9. The summed E-state index contributed by atoms with van der Waals surface area (Å²) in [6, 6.07) is 13.2. The molecule has 114 valence electrons. The van der Waals surface area contributed by atoms with Gasteiger partial charge in [-0.1, -0.05) is 23.7 Å². The van der Waals surface area contributed by atoms with Crippen molar-refractivity contribution < 1.29 is 4.79 Å². The van der Waals surface area contributed by atoms with E-state index in [1.165, 1.54) is 0 Å². The van der Waals surface area contributed by atoms with Gasteiger partial charge < -0.3 is 15.5 Å². The van der Waals surface area contributed by atoms with E-state index in [0.717, 1.165) is 30.0 Å². The normalized spacial score (nSPS) is 13.7. The fraction of sp³-hybridized carbons (Fsp3) is 0.235. The van der Waals surface area contributed by atoms with Gasteiger partial charge >= 0.3 is 0 Å². The summed E-state index contributed by atoms with van der Waals surface area (Å²) in [4.78, 5) is 16.5. The van der Waals surface area contributed by atoms with Crippen molar-refractivity contribution >= 4 is 34.6 Å². The van der Waals surface area contributed by atoms with Crippen molar-refractivity contribution in [1.82, 2.24) is 0 Å². The first-order chi connectivity index (χ1) is 10.6. The molecular formula is C17H18ClN3O. The SMILES string of the molecule is CN1C(=O)c2ccccc2N(CCCN)c2cc(Cl)ccc21. The molecule has 2 aromatic rings. The van der Waals surface area contributed by atoms with Gasteiger partial charge in [0, 0.05) is 18.6 Å². The van der Waals surface area contributed by atoms with Gasteiger partial charge in [0.1, 0.15) is 0 Å². The average molecular weight is 316 g/mol. The Hall–Kier alpha value is -2.04. The number of rotatable bonds is 3. The fourth-order valence-corrected chi connectivity index (χ4v) is 2.96. The van der Waals surface area contributed by atoms with Crippen LogP contribution < -0.4 is 15.5 Å². The number of hydrogen-bond acceptors (Lipinski definition) is 3. The highest BCUT2D eigenvalue weighted by atomic mass is 35.5. The second-order valence-corrected chi connectivity index (χ2v) is 5.74. The lowest BCUT2D eigenvalue weighted by atomic mass is 10.1. The molecule has 0 bridgehead atoms. The number of hydrogen-bond donors (Lipinski definition) is 1. The van der Waals surface area contributed by atoms with Crippen LogP contribution in [-0.2, 0) is 0 Å². The fourth-order valence-electron chi connectivity index (χ4n) is 2.80. The molecule has 5 heteroatoms. The molecule has 1 aliphatic rings. The van der Waals surface area contributed by atoms with Gasteiger partial charge in [-0.3, -0.25) is 4.79 Å². The standard InChI is InChI=1S/C17H18ClN3O/c1-20-15-8-7-12(18)11-16(15)21(10-4-9-19)14-6-3-2-5-13(14)17(20)22/h2-3,5-8,11H,4,9-10,19H2,1H3. The minimum absolute atomic E-state index is 0.0191. The molecule has 2 N–H and O–H groups in total. The summed E-state index contributed by atoms with van der Waals surface area (Å²) >= 11 is 6.19. The van der Waals surface area contributed by atoms with Crippen molar-refractivity contribution in [3.05, 3.63) is 53.1 Å². The third-order valence-electron chi connectivity index (χ3n) is 3.91. The lowest BCUT2D eigenvalue weighted by Crippen LogP contribution is -2.25. The molecule has 1 amide bonds. The largest absolute Gasteiger partial charge is 0.339 e. The second kappa shape index (κ2) is 5.99. The molecule has 0 saturated carbocycles. The zero-order valence-electron chi connectivity index (χ0n) is 12.4. The van der Waals surface area contributed by atoms with Gasteiger partial charge in [0.05, 0.1) is 22.6 Å². The van der Waals surface area contributed by atoms with Gasteiger partial charge in [-0.05, 0) is 43.3 Å². The minimum atomic E-state index is -0.0191. The first-order valence-electron chi connectivity index (χ1n) is 7.27. The molecule has 0 unspecified atom stereocenters. The topological polar surface area (TPSA) is 49.6 Å². The molecule has 3 rings (SSSR count). The van der Waals surface area contributed by atoms with Crippen molar-refractivity contribution in [2.24, 2.45) is 5.73 Å². The number of amides is 1. The number of halogens is 1. The van der Waals surface area contributed by atoms with Crippen LogP contribution in [-0.4, -0.2) is 26.0 Å². The Morgan fingerprint density at radius 1 is 1.09 bits per heavy atom. The number of carbonyl (C=O) groups excluding carboxylic acids is 1. The number of carbonyl (C=O) groups is 1. The molecule has 0 spiro atoms. The summed E-state index contributed by atoms with van der Waals surface area (Å²) in [6.45, 7) is 1.33. The van der Waals surface area contributed by atoms with Crippen LogP contribution in [0.25, 0.3) is 0 Å². The van der Waals surface area contributed by atoms with Crippen molar-refractivity contribution in [2.45, 2.75) is 6.42 Å². The Labute approximate surface area is 135 Å². The van der Waals surface area contributed by atoms with Crippen LogP contribution in [0.2, 0.25) is 5.02 Å². The summed E-state index contributed by atoms with van der Waals surface area (Å²) in [5.41, 5.74) is 9.05. The van der Waals surface area contributed by atoms with Crippen LogP contribution >= 0.6 is 11.6 Å². The molecule has 0 fully saturated rings. The molecule has 0 saturated heterocycles. The Morgan fingerprint density at radius 3 is 2.64 bits per heavy atom. The molecule has 0 aromatic heterocycles. The molecule has 0 aliphatic carbocycles. The molecule has 22 heavy (non-hydrogen) atoms. The maximum absolute atomic E-state index is 12.7. The number of anilines is 3. The van der Waals surface area contributed by atoms with E-state index in [9.17, 15) is 4.79 Å². The van der Waals surface area contributed by atoms with Crippen LogP contribution in [0.4, 0.5) is 17.1 Å². The molecular weight excluding hydrogens is 298 g/mol. The molecule has 2 aromatic carbocycles. The monoisotopic (exact) mass is 315 g/mol. The van der Waals surface area contributed by atoms with E-state index in [-0.39, 0.29) is 5.91 Å². The predicted octanol–water partition coefficient (Wildman–Crippen LogP) is 3.42. The number of fused-ring (bicyclic) bond motifs is 2. The highest BCUT2D eigenvalue weighted by Gasteiger charge is 2.28. The van der Waals surface area contributed by atoms with Crippen LogP contribution in [0.3, 0.4) is 0 Å². The summed E-state index contributed by atoms with van der Waals surface area (Å²) in [7, 11) is 1.79. The van der Waals surface area contributed by atoms with Gasteiger partial charge in [0.25, 0.3) is 5.91 Å². The maximum Gasteiger partial charge on any atom is 0.260 e. The number of nitrogens with zero attached hydrogens (tertiary/aromatic N) is 2. The zero-order chi connectivity index (χ0) is 15.7. The number of benzene rings is 2. The van der Waals surface area contributed by atoms with Gasteiger partial charge in [0.2, 0.25) is 0 Å². The smallest absolute Gasteiger partial charge is 0.260 e. The Bertz CT molecular complexity index is 717. The van der Waals surface area contributed by atoms with E-state index in [4.69, 9.17) is 17.3 Å².